The second-order valence-corrected chi connectivity index (χ2v) is 4.13. The molecule has 4 N–H and O–H groups in total. The minimum Gasteiger partial charge on any atom is -0.385 e. The zero-order chi connectivity index (χ0) is 12.1. The molecular weight excluding hydrogens is 246 g/mol. The third kappa shape index (κ3) is 4.08. The van der Waals surface area contributed by atoms with Crippen molar-refractivity contribution in [2.45, 2.75) is 12.1 Å². The lowest BCUT2D eigenvalue weighted by Gasteiger charge is -2.06. The summed E-state index contributed by atoms with van der Waals surface area (Å²) in [7, 11) is 0. The average Bonchev–Trinajstić information content (AvgIpc) is 2.14. The van der Waals surface area contributed by atoms with Crippen LogP contribution in [0.15, 0.2) is 23.1 Å². The molecule has 0 atom stereocenters. The molecule has 1 heterocycles. The Bertz CT molecular complexity index is 432. The van der Waals surface area contributed by atoms with Gasteiger partial charge >= 0.3 is 0 Å². The lowest BCUT2D eigenvalue weighted by atomic mass is 10.4. The molecule has 0 radical (unpaired) electrons. The summed E-state index contributed by atoms with van der Waals surface area (Å²) in [5.74, 6) is 0.855. The predicted molar refractivity (Wildman–Crippen MR) is 68.1 cm³/mol. The third-order valence-corrected chi connectivity index (χ3v) is 2.24. The lowest BCUT2D eigenvalue weighted by Crippen LogP contribution is -2.12. The van der Waals surface area contributed by atoms with Crippen molar-refractivity contribution < 1.29 is 0 Å². The lowest BCUT2D eigenvalue weighted by molar-refractivity contribution is 0.971. The van der Waals surface area contributed by atoms with Gasteiger partial charge < -0.3 is 16.5 Å². The molecular formula is C9H12ClN5S. The summed E-state index contributed by atoms with van der Waals surface area (Å²) in [6.07, 6.45) is 3.35. The fraction of sp³-hybridized carbons (Fsp3) is 0.222. The van der Waals surface area contributed by atoms with Crippen molar-refractivity contribution >= 4 is 34.9 Å². The van der Waals surface area contributed by atoms with E-state index in [4.69, 9.17) is 22.7 Å². The number of rotatable bonds is 4. The molecule has 0 spiro atoms. The summed E-state index contributed by atoms with van der Waals surface area (Å²) in [6.45, 7) is 1.63. The molecule has 5 nitrogen and oxygen atoms in total. The minimum atomic E-state index is 0.342. The van der Waals surface area contributed by atoms with Gasteiger partial charge in [0.15, 0.2) is 5.16 Å². The van der Waals surface area contributed by atoms with E-state index in [0.717, 1.165) is 0 Å². The Kier molecular flexibility index (Phi) is 4.57. The first-order valence-corrected chi connectivity index (χ1v) is 5.99. The van der Waals surface area contributed by atoms with Crippen LogP contribution in [0.1, 0.15) is 6.92 Å². The molecule has 1 aromatic rings. The Hall–Kier alpha value is -1.27. The fourth-order valence-electron chi connectivity index (χ4n) is 0.969. The number of anilines is 1. The molecule has 7 heteroatoms. The first-order valence-electron chi connectivity index (χ1n) is 4.39. The van der Waals surface area contributed by atoms with Crippen molar-refractivity contribution in [1.29, 1.82) is 5.41 Å². The van der Waals surface area contributed by atoms with Crippen LogP contribution in [0.25, 0.3) is 0 Å². The number of nitrogens with two attached hydrogens (primary N) is 1. The summed E-state index contributed by atoms with van der Waals surface area (Å²) in [6, 6.07) is 1.57. The highest BCUT2D eigenvalue weighted by Crippen LogP contribution is 2.17. The molecule has 0 aliphatic rings. The molecule has 0 fully saturated rings. The SMILES string of the molecule is CSc1nc(Cl)cc(N/C(N)=C/C(C)=N)n1. The Balaban J connectivity index is 2.89. The normalized spacial score (nSPS) is 11.3. The van der Waals surface area contributed by atoms with Gasteiger partial charge in [0.2, 0.25) is 0 Å². The van der Waals surface area contributed by atoms with Crippen LogP contribution in [0.4, 0.5) is 5.82 Å². The zero-order valence-electron chi connectivity index (χ0n) is 8.91. The zero-order valence-corrected chi connectivity index (χ0v) is 10.5. The van der Waals surface area contributed by atoms with E-state index in [1.807, 2.05) is 6.26 Å². The van der Waals surface area contributed by atoms with E-state index in [9.17, 15) is 0 Å². The van der Waals surface area contributed by atoms with Crippen molar-refractivity contribution in [1.82, 2.24) is 9.97 Å². The maximum absolute atomic E-state index is 7.25. The smallest absolute Gasteiger partial charge is 0.190 e. The number of thioether (sulfide) groups is 1. The van der Waals surface area contributed by atoms with E-state index in [1.54, 1.807) is 13.0 Å². The topological polar surface area (TPSA) is 87.7 Å². The molecule has 16 heavy (non-hydrogen) atoms. The van der Waals surface area contributed by atoms with Gasteiger partial charge in [0.1, 0.15) is 16.8 Å². The monoisotopic (exact) mass is 257 g/mol. The van der Waals surface area contributed by atoms with Gasteiger partial charge in [-0.3, -0.25) is 0 Å². The van der Waals surface area contributed by atoms with E-state index in [0.29, 0.717) is 27.7 Å². The van der Waals surface area contributed by atoms with Gasteiger partial charge in [-0.25, -0.2) is 9.97 Å². The highest BCUT2D eigenvalue weighted by Gasteiger charge is 2.02. The maximum Gasteiger partial charge on any atom is 0.190 e. The Labute approximate surface area is 103 Å². The van der Waals surface area contributed by atoms with Gasteiger partial charge in [-0.2, -0.15) is 0 Å². The summed E-state index contributed by atoms with van der Waals surface area (Å²) < 4.78 is 0. The van der Waals surface area contributed by atoms with Gasteiger partial charge in [0.05, 0.1) is 0 Å². The average molecular weight is 258 g/mol. The maximum atomic E-state index is 7.25. The van der Waals surface area contributed by atoms with E-state index >= 15 is 0 Å². The van der Waals surface area contributed by atoms with Crippen molar-refractivity contribution in [2.75, 3.05) is 11.6 Å². The Morgan fingerprint density at radius 3 is 2.88 bits per heavy atom. The Morgan fingerprint density at radius 1 is 1.62 bits per heavy atom. The largest absolute Gasteiger partial charge is 0.385 e. The van der Waals surface area contributed by atoms with Crippen molar-refractivity contribution in [2.24, 2.45) is 5.73 Å². The number of halogens is 1. The number of hydrogen-bond acceptors (Lipinski definition) is 6. The summed E-state index contributed by atoms with van der Waals surface area (Å²) in [5, 5.41) is 11.0. The van der Waals surface area contributed by atoms with Crippen LogP contribution in [-0.2, 0) is 0 Å². The highest BCUT2D eigenvalue weighted by molar-refractivity contribution is 7.98. The van der Waals surface area contributed by atoms with Gasteiger partial charge in [-0.05, 0) is 19.3 Å². The van der Waals surface area contributed by atoms with Crippen LogP contribution in [0.5, 0.6) is 0 Å². The van der Waals surface area contributed by atoms with Crippen LogP contribution in [0, 0.1) is 5.41 Å². The van der Waals surface area contributed by atoms with E-state index in [1.165, 1.54) is 17.8 Å². The van der Waals surface area contributed by atoms with Gasteiger partial charge in [0, 0.05) is 11.8 Å². The van der Waals surface area contributed by atoms with Crippen LogP contribution in [0.3, 0.4) is 0 Å². The molecule has 0 bridgehead atoms. The molecule has 1 aromatic heterocycles. The molecule has 0 saturated carbocycles. The molecule has 0 aliphatic carbocycles. The van der Waals surface area contributed by atoms with E-state index in [2.05, 4.69) is 15.3 Å². The van der Waals surface area contributed by atoms with Crippen molar-refractivity contribution in [3.05, 3.63) is 23.1 Å². The fourth-order valence-corrected chi connectivity index (χ4v) is 1.58. The van der Waals surface area contributed by atoms with Crippen LogP contribution < -0.4 is 11.1 Å². The molecule has 0 saturated heterocycles. The quantitative estimate of drug-likeness (QED) is 0.333. The van der Waals surface area contributed by atoms with Crippen LogP contribution >= 0.6 is 23.4 Å². The minimum absolute atomic E-state index is 0.342. The first kappa shape index (κ1) is 12.8. The van der Waals surface area contributed by atoms with Crippen molar-refractivity contribution in [3.8, 4) is 0 Å². The second-order valence-electron chi connectivity index (χ2n) is 2.97. The number of nitrogens with zero attached hydrogens (tertiary/aromatic N) is 2. The Morgan fingerprint density at radius 2 is 2.31 bits per heavy atom. The van der Waals surface area contributed by atoms with Gasteiger partial charge in [0.25, 0.3) is 0 Å². The van der Waals surface area contributed by atoms with E-state index < -0.39 is 0 Å². The summed E-state index contributed by atoms with van der Waals surface area (Å²) in [4.78, 5) is 8.16. The second kappa shape index (κ2) is 5.72. The standard InChI is InChI=1S/C9H12ClN5S/c1-5(11)3-7(12)14-8-4-6(10)13-9(15-8)16-2/h3-4,11H,12H2,1-2H3,(H,13,14,15)/b7-3+,11-5?. The van der Waals surface area contributed by atoms with Gasteiger partial charge in [-0.1, -0.05) is 23.4 Å². The molecule has 0 aliphatic heterocycles. The third-order valence-electron chi connectivity index (χ3n) is 1.50. The number of aromatic nitrogens is 2. The highest BCUT2D eigenvalue weighted by atomic mass is 35.5. The molecule has 1 rings (SSSR count). The number of hydrogen-bond donors (Lipinski definition) is 3. The van der Waals surface area contributed by atoms with Crippen LogP contribution in [0.2, 0.25) is 5.15 Å². The predicted octanol–water partition coefficient (Wildman–Crippen LogP) is 2.10. The summed E-state index contributed by atoms with van der Waals surface area (Å²) in [5.41, 5.74) is 6.00. The molecule has 0 amide bonds. The number of nitrogens with one attached hydrogen (secondary N) is 2. The van der Waals surface area contributed by atoms with Crippen molar-refractivity contribution in [3.63, 3.8) is 0 Å². The first-order chi connectivity index (χ1) is 7.51. The molecule has 86 valence electrons. The van der Waals surface area contributed by atoms with E-state index in [-0.39, 0.29) is 0 Å². The summed E-state index contributed by atoms with van der Waals surface area (Å²) >= 11 is 7.20. The molecule has 0 aromatic carbocycles. The molecule has 0 unspecified atom stereocenters. The number of allylic oxidation sites excluding steroid dienone is 1. The van der Waals surface area contributed by atoms with Gasteiger partial charge in [-0.15, -0.1) is 0 Å². The van der Waals surface area contributed by atoms with Crippen LogP contribution in [-0.4, -0.2) is 21.9 Å².